The Hall–Kier alpha value is -6.94. The van der Waals surface area contributed by atoms with Gasteiger partial charge in [-0.3, -0.25) is 9.59 Å². The number of alkyl carbamates (subject to hydrolysis) is 2. The van der Waals surface area contributed by atoms with Crippen LogP contribution in [0.25, 0.3) is 44.2 Å². The molecule has 338 valence electrons. The molecule has 3 aliphatic heterocycles. The number of benzene rings is 4. The Morgan fingerprint density at radius 1 is 0.862 bits per heavy atom. The highest BCUT2D eigenvalue weighted by Gasteiger charge is 2.43. The highest BCUT2D eigenvalue weighted by Crippen LogP contribution is 2.44. The number of imidazole rings is 2. The van der Waals surface area contributed by atoms with Crippen LogP contribution in [-0.2, 0) is 30.4 Å². The fourth-order valence-electron chi connectivity index (χ4n) is 9.83. The fourth-order valence-corrected chi connectivity index (χ4v) is 9.83. The largest absolute Gasteiger partial charge is 0.488 e. The van der Waals surface area contributed by atoms with Gasteiger partial charge in [-0.1, -0.05) is 62.4 Å². The lowest BCUT2D eigenvalue weighted by Gasteiger charge is -2.32. The van der Waals surface area contributed by atoms with Gasteiger partial charge < -0.3 is 49.3 Å². The van der Waals surface area contributed by atoms with Crippen molar-refractivity contribution in [2.24, 2.45) is 11.8 Å². The van der Waals surface area contributed by atoms with E-state index in [2.05, 4.69) is 57.0 Å². The number of fused-ring (bicyclic) bond motifs is 6. The Bertz CT molecular complexity index is 2770. The van der Waals surface area contributed by atoms with Gasteiger partial charge >= 0.3 is 12.2 Å². The van der Waals surface area contributed by atoms with Crippen molar-refractivity contribution >= 4 is 45.8 Å². The molecule has 4 N–H and O–H groups in total. The molecule has 2 fully saturated rings. The summed E-state index contributed by atoms with van der Waals surface area (Å²) in [5, 5.41) is 7.45. The topological polar surface area (TPSA) is 193 Å². The predicted octanol–water partition coefficient (Wildman–Crippen LogP) is 7.73. The van der Waals surface area contributed by atoms with Crippen LogP contribution in [0.4, 0.5) is 9.59 Å². The molecule has 6 atom stereocenters. The van der Waals surface area contributed by atoms with Crippen molar-refractivity contribution in [1.29, 1.82) is 0 Å². The Morgan fingerprint density at radius 3 is 2.40 bits per heavy atom. The van der Waals surface area contributed by atoms with Crippen LogP contribution in [-0.4, -0.2) is 100 Å². The minimum absolute atomic E-state index is 0.0342. The number of hydrogen-bond acceptors (Lipinski definition) is 10. The van der Waals surface area contributed by atoms with Crippen molar-refractivity contribution in [1.82, 2.24) is 40.4 Å². The van der Waals surface area contributed by atoms with E-state index in [1.165, 1.54) is 14.2 Å². The number of aromatic nitrogens is 4. The molecule has 16 nitrogen and oxygen atoms in total. The second kappa shape index (κ2) is 17.9. The fraction of sp³-hybridized carbons (Fsp3) is 0.388. The van der Waals surface area contributed by atoms with Gasteiger partial charge in [0.25, 0.3) is 5.91 Å². The summed E-state index contributed by atoms with van der Waals surface area (Å²) in [5.41, 5.74) is 7.10. The molecular weight excluding hydrogens is 829 g/mol. The van der Waals surface area contributed by atoms with Gasteiger partial charge in [-0.05, 0) is 84.0 Å². The summed E-state index contributed by atoms with van der Waals surface area (Å²) in [7, 11) is 4.22. The molecule has 4 aromatic carbocycles. The van der Waals surface area contributed by atoms with Gasteiger partial charge in [0.1, 0.15) is 36.1 Å². The SMILES string of the molecule is COCC1CC(c2ncc(-c3ccc4c(c3)COc3cc5c(ccc6nc([C@@H]7CC[C@H](C)N7C(=O)[C@@H](NC(=O)OC)C(C)C)[nH]c65)cc3-4)[nH]2)N(C(=O)[C@H](NC(=O)OC)c2ccccc2)C1. The predicted molar refractivity (Wildman–Crippen MR) is 243 cm³/mol. The summed E-state index contributed by atoms with van der Waals surface area (Å²) >= 11 is 0. The minimum Gasteiger partial charge on any atom is -0.488 e. The van der Waals surface area contributed by atoms with Crippen LogP contribution in [0.2, 0.25) is 0 Å². The molecule has 9 rings (SSSR count). The zero-order chi connectivity index (χ0) is 45.5. The lowest BCUT2D eigenvalue weighted by molar-refractivity contribution is -0.137. The van der Waals surface area contributed by atoms with Crippen molar-refractivity contribution < 1.29 is 38.1 Å². The minimum atomic E-state index is -0.948. The van der Waals surface area contributed by atoms with Gasteiger partial charge in [0, 0.05) is 36.6 Å². The number of rotatable bonds is 11. The average Bonchev–Trinajstić information content (AvgIpc) is 4.15. The number of hydrogen-bond donors (Lipinski definition) is 4. The number of H-pyrrole nitrogens is 2. The zero-order valence-corrected chi connectivity index (χ0v) is 37.3. The first kappa shape index (κ1) is 43.3. The van der Waals surface area contributed by atoms with Gasteiger partial charge in [-0.15, -0.1) is 0 Å². The molecule has 16 heteroatoms. The molecule has 5 heterocycles. The van der Waals surface area contributed by atoms with Crippen LogP contribution in [0.3, 0.4) is 0 Å². The lowest BCUT2D eigenvalue weighted by Crippen LogP contribution is -2.52. The van der Waals surface area contributed by atoms with Gasteiger partial charge in [0.15, 0.2) is 0 Å². The van der Waals surface area contributed by atoms with E-state index >= 15 is 0 Å². The van der Waals surface area contributed by atoms with E-state index in [4.69, 9.17) is 28.9 Å². The summed E-state index contributed by atoms with van der Waals surface area (Å²) in [6, 6.07) is 21.3. The maximum atomic E-state index is 14.3. The van der Waals surface area contributed by atoms with E-state index in [1.54, 1.807) is 18.2 Å². The van der Waals surface area contributed by atoms with Crippen molar-refractivity contribution in [3.05, 3.63) is 102 Å². The first-order chi connectivity index (χ1) is 31.5. The molecule has 2 aromatic heterocycles. The number of amides is 4. The summed E-state index contributed by atoms with van der Waals surface area (Å²) in [6.45, 7) is 7.12. The Balaban J connectivity index is 0.974. The number of nitrogens with one attached hydrogen (secondary N) is 4. The van der Waals surface area contributed by atoms with E-state index in [0.29, 0.717) is 43.4 Å². The molecule has 0 radical (unpaired) electrons. The van der Waals surface area contributed by atoms with E-state index in [1.807, 2.05) is 62.1 Å². The highest BCUT2D eigenvalue weighted by molar-refractivity contribution is 6.07. The molecule has 2 saturated heterocycles. The number of nitrogens with zero attached hydrogens (tertiary/aromatic N) is 4. The van der Waals surface area contributed by atoms with Crippen LogP contribution in [0.1, 0.15) is 80.9 Å². The van der Waals surface area contributed by atoms with E-state index in [0.717, 1.165) is 68.3 Å². The Labute approximate surface area is 376 Å². The molecule has 3 aliphatic rings. The summed E-state index contributed by atoms with van der Waals surface area (Å²) in [4.78, 5) is 73.5. The summed E-state index contributed by atoms with van der Waals surface area (Å²) in [6.07, 6.45) is 2.64. The third kappa shape index (κ3) is 8.22. The standard InChI is InChI=1S/C49H54N8O8/c1-26(2)41(54-48(60)63-5)47(59)57-27(3)12-17-38(57)45-51-36-16-14-30-20-35-33-15-13-31(19-32(33)25-65-40(35)21-34(30)43(36)53-45)37-22-50-44(52-37)39-18-28(24-62-4)23-56(39)46(58)42(55-49(61)64-6)29-10-8-7-9-11-29/h7-11,13-16,19-22,26-28,38-39,41-42H,12,17-18,23-25H2,1-6H3,(H,50,52)(H,51,53)(H,54,60)(H,55,61)/t27-,28?,38-,39?,41-,42+/m0/s1. The molecule has 0 aliphatic carbocycles. The maximum absolute atomic E-state index is 14.3. The highest BCUT2D eigenvalue weighted by atomic mass is 16.5. The quantitative estimate of drug-likeness (QED) is 0.100. The first-order valence-electron chi connectivity index (χ1n) is 22.1. The molecule has 6 aromatic rings. The van der Waals surface area contributed by atoms with Crippen LogP contribution in [0.15, 0.2) is 79.0 Å². The molecule has 0 bridgehead atoms. The monoisotopic (exact) mass is 882 g/mol. The normalized spacial score (nSPS) is 20.0. The third-order valence-electron chi connectivity index (χ3n) is 13.1. The second-order valence-corrected chi connectivity index (χ2v) is 17.6. The Kier molecular flexibility index (Phi) is 11.9. The van der Waals surface area contributed by atoms with E-state index < -0.39 is 24.3 Å². The van der Waals surface area contributed by atoms with Crippen LogP contribution in [0, 0.1) is 11.8 Å². The number of aromatic amines is 2. The zero-order valence-electron chi connectivity index (χ0n) is 37.3. The first-order valence-corrected chi connectivity index (χ1v) is 22.1. The van der Waals surface area contributed by atoms with Crippen LogP contribution >= 0.6 is 0 Å². The van der Waals surface area contributed by atoms with E-state index in [9.17, 15) is 19.2 Å². The lowest BCUT2D eigenvalue weighted by atomic mass is 9.92. The van der Waals surface area contributed by atoms with Gasteiger partial charge in [-0.2, -0.15) is 0 Å². The number of carbonyl (C=O) groups is 4. The van der Waals surface area contributed by atoms with Crippen molar-refractivity contribution in [2.75, 3.05) is 34.5 Å². The summed E-state index contributed by atoms with van der Waals surface area (Å²) in [5.74, 6) is 1.62. The van der Waals surface area contributed by atoms with Crippen LogP contribution < -0.4 is 15.4 Å². The number of likely N-dealkylation sites (tertiary alicyclic amines) is 2. The molecule has 0 spiro atoms. The maximum Gasteiger partial charge on any atom is 0.407 e. The molecule has 0 saturated carbocycles. The van der Waals surface area contributed by atoms with Gasteiger partial charge in [-0.25, -0.2) is 19.6 Å². The smallest absolute Gasteiger partial charge is 0.407 e. The molecular formula is C49H54N8O8. The van der Waals surface area contributed by atoms with Crippen molar-refractivity contribution in [2.45, 2.75) is 76.8 Å². The molecule has 2 unspecified atom stereocenters. The van der Waals surface area contributed by atoms with Crippen molar-refractivity contribution in [3.63, 3.8) is 0 Å². The number of methoxy groups -OCH3 is 3. The van der Waals surface area contributed by atoms with Crippen molar-refractivity contribution in [3.8, 4) is 28.1 Å². The number of ether oxygens (including phenoxy) is 4. The van der Waals surface area contributed by atoms with Gasteiger partial charge in [0.05, 0.1) is 55.8 Å². The van der Waals surface area contributed by atoms with Crippen LogP contribution in [0.5, 0.6) is 5.75 Å². The molecule has 4 amide bonds. The van der Waals surface area contributed by atoms with E-state index in [-0.39, 0.29) is 41.8 Å². The second-order valence-electron chi connectivity index (χ2n) is 17.6. The average molecular weight is 883 g/mol. The Morgan fingerprint density at radius 2 is 1.65 bits per heavy atom. The third-order valence-corrected chi connectivity index (χ3v) is 13.1. The van der Waals surface area contributed by atoms with Gasteiger partial charge in [0.2, 0.25) is 5.91 Å². The molecule has 65 heavy (non-hydrogen) atoms. The number of carbonyl (C=O) groups excluding carboxylic acids is 4. The summed E-state index contributed by atoms with van der Waals surface area (Å²) < 4.78 is 21.7.